The van der Waals surface area contributed by atoms with E-state index in [1.807, 2.05) is 48.3 Å². The molecule has 0 saturated carbocycles. The fourth-order valence-electron chi connectivity index (χ4n) is 3.98. The number of nitrogens with two attached hydrogens (primary N) is 1. The summed E-state index contributed by atoms with van der Waals surface area (Å²) in [5, 5.41) is 4.49. The molecule has 7 heteroatoms. The molecule has 7 nitrogen and oxygen atoms in total. The van der Waals surface area contributed by atoms with Crippen LogP contribution in [0.3, 0.4) is 0 Å². The largest absolute Gasteiger partial charge is 0.369 e. The Hall–Kier alpha value is -2.67. The normalized spacial score (nSPS) is 19.1. The van der Waals surface area contributed by atoms with Crippen LogP contribution in [0.25, 0.3) is 11.3 Å². The maximum atomic E-state index is 12.8. The maximum absolute atomic E-state index is 12.8. The zero-order chi connectivity index (χ0) is 19.0. The number of aromatic nitrogens is 2. The fourth-order valence-corrected chi connectivity index (χ4v) is 3.98. The second-order valence-corrected chi connectivity index (χ2v) is 7.48. The summed E-state index contributed by atoms with van der Waals surface area (Å²) in [6, 6.07) is 12.1. The number of piperidine rings is 1. The first-order valence-corrected chi connectivity index (χ1v) is 9.45. The number of carbonyl (C=O) groups is 2. The van der Waals surface area contributed by atoms with Crippen LogP contribution < -0.4 is 5.73 Å². The summed E-state index contributed by atoms with van der Waals surface area (Å²) in [5.41, 5.74) is 7.83. The van der Waals surface area contributed by atoms with Crippen molar-refractivity contribution in [3.05, 3.63) is 42.1 Å². The highest BCUT2D eigenvalue weighted by molar-refractivity contribution is 5.94. The Labute approximate surface area is 158 Å². The molecule has 2 amide bonds. The Balaban J connectivity index is 1.36. The van der Waals surface area contributed by atoms with Crippen molar-refractivity contribution in [2.45, 2.75) is 18.9 Å². The maximum Gasteiger partial charge on any atom is 0.272 e. The minimum Gasteiger partial charge on any atom is -0.369 e. The summed E-state index contributed by atoms with van der Waals surface area (Å²) in [6.07, 6.45) is 1.64. The molecule has 2 fully saturated rings. The van der Waals surface area contributed by atoms with E-state index in [0.29, 0.717) is 11.7 Å². The zero-order valence-corrected chi connectivity index (χ0v) is 15.5. The standard InChI is InChI=1S/C20H25N5O2/c1-23-18(11-17(22-23)14-5-3-2-4-6-14)20(27)25-12-16(13-25)24-9-7-15(8-10-24)19(21)26/h2-6,11,15-16H,7-10,12-13H2,1H3,(H2,21,26). The van der Waals surface area contributed by atoms with Crippen LogP contribution in [0, 0.1) is 5.92 Å². The van der Waals surface area contributed by atoms with Gasteiger partial charge in [-0.25, -0.2) is 0 Å². The molecule has 142 valence electrons. The first-order chi connectivity index (χ1) is 13.0. The molecule has 0 atom stereocenters. The van der Waals surface area contributed by atoms with Crippen LogP contribution in [0.2, 0.25) is 0 Å². The zero-order valence-electron chi connectivity index (χ0n) is 15.5. The summed E-state index contributed by atoms with van der Waals surface area (Å²) >= 11 is 0. The van der Waals surface area contributed by atoms with Gasteiger partial charge < -0.3 is 10.6 Å². The highest BCUT2D eigenvalue weighted by Crippen LogP contribution is 2.25. The third-order valence-corrected chi connectivity index (χ3v) is 5.77. The highest BCUT2D eigenvalue weighted by atomic mass is 16.2. The minimum absolute atomic E-state index is 0.00455. The van der Waals surface area contributed by atoms with Crippen molar-refractivity contribution in [2.75, 3.05) is 26.2 Å². The van der Waals surface area contributed by atoms with E-state index in [0.717, 1.165) is 50.3 Å². The number of likely N-dealkylation sites (tertiary alicyclic amines) is 2. The summed E-state index contributed by atoms with van der Waals surface area (Å²) in [7, 11) is 1.81. The molecule has 1 aromatic carbocycles. The van der Waals surface area contributed by atoms with Crippen LogP contribution in [0.15, 0.2) is 36.4 Å². The van der Waals surface area contributed by atoms with Crippen LogP contribution in [-0.4, -0.2) is 63.6 Å². The smallest absolute Gasteiger partial charge is 0.272 e. The number of benzene rings is 1. The molecule has 4 rings (SSSR count). The lowest BCUT2D eigenvalue weighted by Gasteiger charge is -2.47. The van der Waals surface area contributed by atoms with Crippen molar-refractivity contribution in [3.63, 3.8) is 0 Å². The molecular weight excluding hydrogens is 342 g/mol. The second kappa shape index (κ2) is 7.15. The van der Waals surface area contributed by atoms with Crippen LogP contribution in [0.5, 0.6) is 0 Å². The van der Waals surface area contributed by atoms with Crippen LogP contribution in [0.1, 0.15) is 23.3 Å². The molecular formula is C20H25N5O2. The SMILES string of the molecule is Cn1nc(-c2ccccc2)cc1C(=O)N1CC(N2CCC(C(N)=O)CC2)C1. The number of primary amides is 1. The molecule has 0 bridgehead atoms. The Morgan fingerprint density at radius 2 is 1.78 bits per heavy atom. The van der Waals surface area contributed by atoms with E-state index in [1.54, 1.807) is 4.68 Å². The van der Waals surface area contributed by atoms with Gasteiger partial charge in [-0.2, -0.15) is 5.10 Å². The van der Waals surface area contributed by atoms with Crippen molar-refractivity contribution >= 4 is 11.8 Å². The van der Waals surface area contributed by atoms with Crippen molar-refractivity contribution < 1.29 is 9.59 Å². The van der Waals surface area contributed by atoms with Gasteiger partial charge in [0.1, 0.15) is 5.69 Å². The molecule has 0 radical (unpaired) electrons. The molecule has 0 spiro atoms. The van der Waals surface area contributed by atoms with Gasteiger partial charge in [0.2, 0.25) is 5.91 Å². The number of hydrogen-bond donors (Lipinski definition) is 1. The van der Waals surface area contributed by atoms with Gasteiger partial charge in [-0.15, -0.1) is 0 Å². The van der Waals surface area contributed by atoms with Gasteiger partial charge in [0.25, 0.3) is 5.91 Å². The first-order valence-electron chi connectivity index (χ1n) is 9.45. The predicted molar refractivity (Wildman–Crippen MR) is 102 cm³/mol. The van der Waals surface area contributed by atoms with E-state index in [9.17, 15) is 9.59 Å². The predicted octanol–water partition coefficient (Wildman–Crippen LogP) is 1.11. The Bertz CT molecular complexity index is 833. The fraction of sp³-hybridized carbons (Fsp3) is 0.450. The summed E-state index contributed by atoms with van der Waals surface area (Å²) in [5.74, 6) is -0.161. The molecule has 2 saturated heterocycles. The Kier molecular flexibility index (Phi) is 4.70. The van der Waals surface area contributed by atoms with Gasteiger partial charge in [0.15, 0.2) is 0 Å². The number of carbonyl (C=O) groups excluding carboxylic acids is 2. The van der Waals surface area contributed by atoms with Gasteiger partial charge in [-0.05, 0) is 32.0 Å². The van der Waals surface area contributed by atoms with Gasteiger partial charge in [-0.1, -0.05) is 30.3 Å². The van der Waals surface area contributed by atoms with Crippen molar-refractivity contribution in [2.24, 2.45) is 18.7 Å². The van der Waals surface area contributed by atoms with Gasteiger partial charge in [-0.3, -0.25) is 19.2 Å². The van der Waals surface area contributed by atoms with Crippen molar-refractivity contribution in [1.82, 2.24) is 19.6 Å². The average Bonchev–Trinajstić information content (AvgIpc) is 3.03. The third kappa shape index (κ3) is 3.47. The molecule has 0 aliphatic carbocycles. The third-order valence-electron chi connectivity index (χ3n) is 5.77. The van der Waals surface area contributed by atoms with E-state index in [-0.39, 0.29) is 17.7 Å². The summed E-state index contributed by atoms with van der Waals surface area (Å²) in [6.45, 7) is 3.21. The number of aryl methyl sites for hydroxylation is 1. The molecule has 3 heterocycles. The monoisotopic (exact) mass is 367 g/mol. The number of nitrogens with zero attached hydrogens (tertiary/aromatic N) is 4. The van der Waals surface area contributed by atoms with E-state index in [1.165, 1.54) is 0 Å². The Morgan fingerprint density at radius 1 is 1.11 bits per heavy atom. The van der Waals surface area contributed by atoms with Crippen molar-refractivity contribution in [3.8, 4) is 11.3 Å². The van der Waals surface area contributed by atoms with Crippen LogP contribution in [-0.2, 0) is 11.8 Å². The second-order valence-electron chi connectivity index (χ2n) is 7.48. The minimum atomic E-state index is -0.189. The lowest BCUT2D eigenvalue weighted by molar-refractivity contribution is -0.123. The Morgan fingerprint density at radius 3 is 2.41 bits per heavy atom. The van der Waals surface area contributed by atoms with Crippen molar-refractivity contribution in [1.29, 1.82) is 0 Å². The van der Waals surface area contributed by atoms with E-state index in [2.05, 4.69) is 10.00 Å². The van der Waals surface area contributed by atoms with E-state index in [4.69, 9.17) is 5.73 Å². The lowest BCUT2D eigenvalue weighted by Crippen LogP contribution is -2.62. The van der Waals surface area contributed by atoms with Crippen LogP contribution in [0.4, 0.5) is 0 Å². The molecule has 2 aliphatic rings. The highest BCUT2D eigenvalue weighted by Gasteiger charge is 2.38. The van der Waals surface area contributed by atoms with E-state index < -0.39 is 0 Å². The summed E-state index contributed by atoms with van der Waals surface area (Å²) < 4.78 is 1.66. The first kappa shape index (κ1) is 17.7. The number of amides is 2. The quantitative estimate of drug-likeness (QED) is 0.877. The molecule has 27 heavy (non-hydrogen) atoms. The van der Waals surface area contributed by atoms with Gasteiger partial charge in [0.05, 0.1) is 5.69 Å². The average molecular weight is 367 g/mol. The number of rotatable bonds is 4. The van der Waals surface area contributed by atoms with Gasteiger partial charge >= 0.3 is 0 Å². The van der Waals surface area contributed by atoms with E-state index >= 15 is 0 Å². The molecule has 0 unspecified atom stereocenters. The molecule has 2 N–H and O–H groups in total. The number of hydrogen-bond acceptors (Lipinski definition) is 4. The topological polar surface area (TPSA) is 84.5 Å². The lowest BCUT2D eigenvalue weighted by atomic mass is 9.93. The summed E-state index contributed by atoms with van der Waals surface area (Å²) in [4.78, 5) is 28.4. The van der Waals surface area contributed by atoms with Crippen LogP contribution >= 0.6 is 0 Å². The molecule has 2 aliphatic heterocycles. The van der Waals surface area contributed by atoms with Gasteiger partial charge in [0, 0.05) is 37.7 Å². The molecule has 1 aromatic heterocycles. The molecule has 2 aromatic rings.